The first kappa shape index (κ1) is 25.0. The number of carbonyl (C=O) groups is 2. The lowest BCUT2D eigenvalue weighted by Crippen LogP contribution is -2.48. The Hall–Kier alpha value is -1.62. The Morgan fingerprint density at radius 1 is 1.03 bits per heavy atom. The number of ether oxygens (including phenoxy) is 2. The monoisotopic (exact) mass is 484 g/mol. The van der Waals surface area contributed by atoms with E-state index in [0.29, 0.717) is 31.1 Å². The first-order valence-corrected chi connectivity index (χ1v) is 13.8. The molecule has 7 atom stereocenters. The van der Waals surface area contributed by atoms with Gasteiger partial charge in [0, 0.05) is 24.3 Å². The molecule has 1 saturated carbocycles. The molecule has 194 valence electrons. The number of cyclic esters (lactones) is 2. The van der Waals surface area contributed by atoms with Gasteiger partial charge in [0.1, 0.15) is 11.7 Å². The molecule has 0 radical (unpaired) electrons. The molecule has 0 bridgehead atoms. The summed E-state index contributed by atoms with van der Waals surface area (Å²) in [5, 5.41) is 12.0. The summed E-state index contributed by atoms with van der Waals surface area (Å²) >= 11 is 0. The predicted molar refractivity (Wildman–Crippen MR) is 134 cm³/mol. The van der Waals surface area contributed by atoms with Crippen LogP contribution in [0.5, 0.6) is 0 Å². The van der Waals surface area contributed by atoms with E-state index in [1.54, 1.807) is 5.57 Å². The average Bonchev–Trinajstić information content (AvgIpc) is 2.90. The van der Waals surface area contributed by atoms with Gasteiger partial charge < -0.3 is 14.6 Å². The number of fused-ring (bicyclic) bond motifs is 3. The topological polar surface area (TPSA) is 72.8 Å². The third kappa shape index (κ3) is 3.74. The van der Waals surface area contributed by atoms with Crippen molar-refractivity contribution in [1.82, 2.24) is 0 Å². The third-order valence-corrected chi connectivity index (χ3v) is 11.4. The second-order valence-electron chi connectivity index (χ2n) is 13.4. The van der Waals surface area contributed by atoms with Gasteiger partial charge in [-0.15, -0.1) is 0 Å². The molecule has 35 heavy (non-hydrogen) atoms. The van der Waals surface area contributed by atoms with Gasteiger partial charge in [-0.25, -0.2) is 4.79 Å². The van der Waals surface area contributed by atoms with Crippen LogP contribution in [-0.4, -0.2) is 34.4 Å². The van der Waals surface area contributed by atoms with E-state index in [-0.39, 0.29) is 34.8 Å². The molecule has 5 heteroatoms. The summed E-state index contributed by atoms with van der Waals surface area (Å²) in [6.45, 7) is 13.1. The van der Waals surface area contributed by atoms with Crippen molar-refractivity contribution >= 4 is 11.9 Å². The highest BCUT2D eigenvalue weighted by Gasteiger charge is 2.61. The van der Waals surface area contributed by atoms with Crippen LogP contribution in [0.25, 0.3) is 0 Å². The Labute approximate surface area is 210 Å². The molecular weight excluding hydrogens is 440 g/mol. The summed E-state index contributed by atoms with van der Waals surface area (Å²) in [5.41, 5.74) is 2.42. The third-order valence-electron chi connectivity index (χ3n) is 11.4. The molecule has 1 saturated heterocycles. The normalized spacial score (nSPS) is 44.1. The minimum atomic E-state index is -0.886. The quantitative estimate of drug-likeness (QED) is 0.382. The lowest BCUT2D eigenvalue weighted by atomic mass is 9.52. The zero-order valence-corrected chi connectivity index (χ0v) is 22.5. The molecule has 5 nitrogen and oxygen atoms in total. The number of esters is 2. The zero-order chi connectivity index (χ0) is 25.4. The van der Waals surface area contributed by atoms with Crippen LogP contribution in [0.2, 0.25) is 0 Å². The van der Waals surface area contributed by atoms with Crippen LogP contribution in [0.15, 0.2) is 22.8 Å². The number of carbonyl (C=O) groups excluding carboxylic acids is 2. The van der Waals surface area contributed by atoms with Gasteiger partial charge in [-0.05, 0) is 94.8 Å². The van der Waals surface area contributed by atoms with Gasteiger partial charge in [0.25, 0.3) is 0 Å². The standard InChI is InChI=1S/C30H44O5/c1-18-7-9-23(34-26(18)32)19(2)21-12-15-29(6)22-8-10-24-27(3,4)35-25(31)13-16-30(24,33)17-20(22)11-14-28(21,29)5/h7,19,21,23-24,33H,8-17H2,1-6H3/t19-,21+,23+,24-,28+,29-,30-/m0/s1. The summed E-state index contributed by atoms with van der Waals surface area (Å²) in [5.74, 6) is 0.410. The Morgan fingerprint density at radius 3 is 2.49 bits per heavy atom. The van der Waals surface area contributed by atoms with E-state index in [1.807, 2.05) is 20.8 Å². The van der Waals surface area contributed by atoms with E-state index < -0.39 is 11.2 Å². The van der Waals surface area contributed by atoms with Crippen LogP contribution in [0.3, 0.4) is 0 Å². The summed E-state index contributed by atoms with van der Waals surface area (Å²) < 4.78 is 11.7. The van der Waals surface area contributed by atoms with Crippen LogP contribution in [-0.2, 0) is 19.1 Å². The smallest absolute Gasteiger partial charge is 0.333 e. The molecule has 0 amide bonds. The first-order valence-electron chi connectivity index (χ1n) is 13.8. The van der Waals surface area contributed by atoms with E-state index >= 15 is 0 Å². The van der Waals surface area contributed by atoms with Crippen LogP contribution in [0.4, 0.5) is 0 Å². The summed E-state index contributed by atoms with van der Waals surface area (Å²) in [6, 6.07) is 0. The maximum absolute atomic E-state index is 12.3. The lowest BCUT2D eigenvalue weighted by molar-refractivity contribution is -0.165. The molecule has 0 aromatic heterocycles. The van der Waals surface area contributed by atoms with Crippen molar-refractivity contribution in [1.29, 1.82) is 0 Å². The summed E-state index contributed by atoms with van der Waals surface area (Å²) in [6.07, 6.45) is 10.5. The van der Waals surface area contributed by atoms with Gasteiger partial charge in [-0.2, -0.15) is 0 Å². The van der Waals surface area contributed by atoms with Crippen molar-refractivity contribution in [3.63, 3.8) is 0 Å². The predicted octanol–water partition coefficient (Wildman–Crippen LogP) is 6.04. The van der Waals surface area contributed by atoms with Crippen LogP contribution >= 0.6 is 0 Å². The van der Waals surface area contributed by atoms with Gasteiger partial charge in [-0.3, -0.25) is 4.79 Å². The minimum absolute atomic E-state index is 0.0392. The fraction of sp³-hybridized carbons (Fsp3) is 0.800. The lowest BCUT2D eigenvalue weighted by Gasteiger charge is -2.52. The van der Waals surface area contributed by atoms with Gasteiger partial charge >= 0.3 is 11.9 Å². The Balaban J connectivity index is 1.45. The molecular formula is C30H44O5. The molecule has 3 aliphatic carbocycles. The second-order valence-corrected chi connectivity index (χ2v) is 13.4. The number of rotatable bonds is 2. The van der Waals surface area contributed by atoms with Gasteiger partial charge in [0.05, 0.1) is 5.60 Å². The van der Waals surface area contributed by atoms with Crippen LogP contribution < -0.4 is 0 Å². The molecule has 0 aromatic carbocycles. The van der Waals surface area contributed by atoms with E-state index in [2.05, 4.69) is 26.8 Å². The fourth-order valence-corrected chi connectivity index (χ4v) is 9.13. The van der Waals surface area contributed by atoms with Gasteiger partial charge in [-0.1, -0.05) is 38.0 Å². The SMILES string of the molecule is CC1=CC[C@H]([C@@H](C)[C@H]2CC[C@@]3(C)C4=C(CC[C@]23C)C[C@@]2(O)CCC(=O)OC(C)(C)[C@@H]2CC4)OC1=O. The van der Waals surface area contributed by atoms with E-state index in [9.17, 15) is 14.7 Å². The summed E-state index contributed by atoms with van der Waals surface area (Å²) in [4.78, 5) is 24.6. The van der Waals surface area contributed by atoms with Gasteiger partial charge in [0.15, 0.2) is 0 Å². The van der Waals surface area contributed by atoms with Crippen molar-refractivity contribution in [2.24, 2.45) is 28.6 Å². The molecule has 0 aromatic rings. The summed E-state index contributed by atoms with van der Waals surface area (Å²) in [7, 11) is 0. The van der Waals surface area contributed by atoms with Crippen molar-refractivity contribution in [3.05, 3.63) is 22.8 Å². The highest BCUT2D eigenvalue weighted by atomic mass is 16.6. The number of aliphatic hydroxyl groups is 1. The van der Waals surface area contributed by atoms with Crippen LogP contribution in [0, 0.1) is 28.6 Å². The fourth-order valence-electron chi connectivity index (χ4n) is 9.13. The molecule has 1 N–H and O–H groups in total. The number of hydrogen-bond donors (Lipinski definition) is 1. The first-order chi connectivity index (χ1) is 16.3. The Bertz CT molecular complexity index is 991. The van der Waals surface area contributed by atoms with Crippen LogP contribution in [0.1, 0.15) is 106 Å². The molecule has 0 unspecified atom stereocenters. The van der Waals surface area contributed by atoms with Crippen molar-refractivity contribution < 1.29 is 24.2 Å². The second kappa shape index (κ2) is 8.19. The highest BCUT2D eigenvalue weighted by Crippen LogP contribution is 2.69. The Morgan fingerprint density at radius 2 is 1.77 bits per heavy atom. The molecule has 0 spiro atoms. The van der Waals surface area contributed by atoms with Crippen molar-refractivity contribution in [2.75, 3.05) is 0 Å². The van der Waals surface area contributed by atoms with Gasteiger partial charge in [0.2, 0.25) is 0 Å². The average molecular weight is 485 g/mol. The molecule has 2 fully saturated rings. The molecule has 2 aliphatic heterocycles. The maximum atomic E-state index is 12.3. The maximum Gasteiger partial charge on any atom is 0.333 e. The number of hydrogen-bond acceptors (Lipinski definition) is 5. The van der Waals surface area contributed by atoms with E-state index in [4.69, 9.17) is 9.47 Å². The molecule has 5 rings (SSSR count). The van der Waals surface area contributed by atoms with Crippen molar-refractivity contribution in [2.45, 2.75) is 123 Å². The molecule has 2 heterocycles. The van der Waals surface area contributed by atoms with Crippen molar-refractivity contribution in [3.8, 4) is 0 Å². The zero-order valence-electron chi connectivity index (χ0n) is 22.5. The number of allylic oxidation sites excluding steroid dienone is 1. The largest absolute Gasteiger partial charge is 0.459 e. The Kier molecular flexibility index (Phi) is 5.86. The minimum Gasteiger partial charge on any atom is -0.459 e. The molecule has 5 aliphatic rings. The van der Waals surface area contributed by atoms with E-state index in [1.165, 1.54) is 5.57 Å². The van der Waals surface area contributed by atoms with E-state index in [0.717, 1.165) is 50.5 Å². The highest BCUT2D eigenvalue weighted by molar-refractivity contribution is 5.88.